The number of benzene rings is 2. The molecule has 2 saturated carbocycles. The normalized spacial score (nSPS) is 27.7. The summed E-state index contributed by atoms with van der Waals surface area (Å²) in [4.78, 5) is 32.0. The van der Waals surface area contributed by atoms with Crippen molar-refractivity contribution < 1.29 is 9.90 Å². The third-order valence-corrected chi connectivity index (χ3v) is 9.76. The van der Waals surface area contributed by atoms with Crippen LogP contribution in [0.2, 0.25) is 0 Å². The number of carbonyl (C=O) groups is 1. The third kappa shape index (κ3) is 3.89. The predicted octanol–water partition coefficient (Wildman–Crippen LogP) is 4.09. The second kappa shape index (κ2) is 8.84. The van der Waals surface area contributed by atoms with E-state index in [1.807, 2.05) is 48.5 Å². The average molecular weight is 510 g/mol. The highest BCUT2D eigenvalue weighted by atomic mass is 16.3. The van der Waals surface area contributed by atoms with E-state index in [0.717, 1.165) is 48.5 Å². The first-order valence-corrected chi connectivity index (χ1v) is 14.0. The highest BCUT2D eigenvalue weighted by molar-refractivity contribution is 5.94. The van der Waals surface area contributed by atoms with E-state index in [0.29, 0.717) is 30.2 Å². The van der Waals surface area contributed by atoms with Crippen LogP contribution in [0.1, 0.15) is 57.6 Å². The van der Waals surface area contributed by atoms with Gasteiger partial charge >= 0.3 is 0 Å². The largest absolute Gasteiger partial charge is 0.508 e. The Kier molecular flexibility index (Phi) is 5.52. The lowest BCUT2D eigenvalue weighted by atomic mass is 9.62. The molecule has 1 saturated heterocycles. The van der Waals surface area contributed by atoms with Crippen LogP contribution >= 0.6 is 0 Å². The average Bonchev–Trinajstić information content (AvgIpc) is 3.69. The Morgan fingerprint density at radius 2 is 1.97 bits per heavy atom. The lowest BCUT2D eigenvalue weighted by Crippen LogP contribution is -2.58. The summed E-state index contributed by atoms with van der Waals surface area (Å²) in [5.74, 6) is 1.84. The fraction of sp³-hybridized carbons (Fsp3) is 0.438. The molecule has 38 heavy (non-hydrogen) atoms. The van der Waals surface area contributed by atoms with E-state index in [1.54, 1.807) is 6.07 Å². The van der Waals surface area contributed by atoms with Crippen LogP contribution in [-0.2, 0) is 24.8 Å². The van der Waals surface area contributed by atoms with Crippen LogP contribution in [0.15, 0.2) is 59.4 Å². The van der Waals surface area contributed by atoms with E-state index >= 15 is 0 Å². The van der Waals surface area contributed by atoms with Gasteiger partial charge in [-0.3, -0.25) is 14.5 Å². The number of nitrogens with zero attached hydrogens (tertiary/aromatic N) is 1. The van der Waals surface area contributed by atoms with Crippen LogP contribution in [0, 0.1) is 24.7 Å². The fourth-order valence-corrected chi connectivity index (χ4v) is 7.85. The monoisotopic (exact) mass is 509 g/mol. The van der Waals surface area contributed by atoms with Crippen molar-refractivity contribution in [2.45, 2.75) is 57.0 Å². The van der Waals surface area contributed by atoms with Crippen LogP contribution in [-0.4, -0.2) is 40.0 Å². The fourth-order valence-electron chi connectivity index (χ4n) is 7.85. The number of aromatic nitrogens is 1. The van der Waals surface area contributed by atoms with Crippen molar-refractivity contribution in [3.05, 3.63) is 98.5 Å². The number of pyridine rings is 1. The number of aromatic amines is 1. The molecule has 3 fully saturated rings. The number of hydrogen-bond donors (Lipinski definition) is 3. The van der Waals surface area contributed by atoms with Crippen molar-refractivity contribution >= 4 is 5.91 Å². The molecule has 7 rings (SSSR count). The quantitative estimate of drug-likeness (QED) is 0.467. The number of phenolic OH excluding ortho intramolecular Hbond substituents is 1. The number of amides is 1. The minimum Gasteiger partial charge on any atom is -0.508 e. The van der Waals surface area contributed by atoms with Gasteiger partial charge in [-0.25, -0.2) is 0 Å². The number of hydrogen-bond acceptors (Lipinski definition) is 4. The number of aryl methyl sites for hydroxylation is 1. The standard InChI is InChI=1S/C32H35N3O3/c1-19-7-10-24(36)13-26(19)32-14-23-18-35(17-21-8-9-21)29(23)27(32)12-22-11-25(31(38)34-28(22)15-32)30(37)33-16-20-5-3-2-4-6-20/h2-7,10-11,13,21,23,27,29,36H,8-9,12,14-18H2,1H3,(H,33,37)(H,34,38). The summed E-state index contributed by atoms with van der Waals surface area (Å²) < 4.78 is 0. The van der Waals surface area contributed by atoms with Crippen molar-refractivity contribution in [3.63, 3.8) is 0 Å². The molecular weight excluding hydrogens is 474 g/mol. The lowest BCUT2D eigenvalue weighted by molar-refractivity contribution is 0.00553. The Hall–Kier alpha value is -3.38. The Bertz CT molecular complexity index is 1460. The van der Waals surface area contributed by atoms with Gasteiger partial charge in [0.1, 0.15) is 11.3 Å². The summed E-state index contributed by atoms with van der Waals surface area (Å²) >= 11 is 0. The zero-order chi connectivity index (χ0) is 26.0. The zero-order valence-corrected chi connectivity index (χ0v) is 21.9. The van der Waals surface area contributed by atoms with Crippen LogP contribution in [0.3, 0.4) is 0 Å². The van der Waals surface area contributed by atoms with Crippen LogP contribution in [0.25, 0.3) is 0 Å². The summed E-state index contributed by atoms with van der Waals surface area (Å²) in [7, 11) is 0. The lowest BCUT2D eigenvalue weighted by Gasteiger charge is -2.49. The second-order valence-electron chi connectivity index (χ2n) is 12.2. The zero-order valence-electron chi connectivity index (χ0n) is 21.9. The molecule has 2 heterocycles. The van der Waals surface area contributed by atoms with E-state index in [9.17, 15) is 14.7 Å². The number of aromatic hydroxyl groups is 1. The van der Waals surface area contributed by atoms with E-state index in [-0.39, 0.29) is 22.4 Å². The summed E-state index contributed by atoms with van der Waals surface area (Å²) in [5, 5.41) is 13.4. The van der Waals surface area contributed by atoms with Crippen molar-refractivity contribution in [2.24, 2.45) is 17.8 Å². The van der Waals surface area contributed by atoms with Crippen molar-refractivity contribution in [1.29, 1.82) is 0 Å². The second-order valence-corrected chi connectivity index (χ2v) is 12.2. The molecule has 0 spiro atoms. The van der Waals surface area contributed by atoms with E-state index in [4.69, 9.17) is 0 Å². The molecule has 4 aliphatic rings. The SMILES string of the molecule is Cc1ccc(O)cc1C12Cc3[nH]c(=O)c(C(=O)NCc4ccccc4)cc3CC1C1C(CN1CC1CC1)C2. The highest BCUT2D eigenvalue weighted by Crippen LogP contribution is 2.60. The van der Waals surface area contributed by atoms with Crippen molar-refractivity contribution in [2.75, 3.05) is 13.1 Å². The molecule has 0 bridgehead atoms. The van der Waals surface area contributed by atoms with E-state index in [1.165, 1.54) is 30.5 Å². The van der Waals surface area contributed by atoms with Gasteiger partial charge in [-0.15, -0.1) is 0 Å². The maximum atomic E-state index is 13.2. The predicted molar refractivity (Wildman–Crippen MR) is 146 cm³/mol. The maximum absolute atomic E-state index is 13.2. The number of H-pyrrole nitrogens is 1. The van der Waals surface area contributed by atoms with Gasteiger partial charge in [-0.2, -0.15) is 0 Å². The molecule has 3 aliphatic carbocycles. The van der Waals surface area contributed by atoms with Crippen molar-refractivity contribution in [1.82, 2.24) is 15.2 Å². The first-order chi connectivity index (χ1) is 18.4. The summed E-state index contributed by atoms with van der Waals surface area (Å²) in [6.45, 7) is 4.87. The van der Waals surface area contributed by atoms with Crippen molar-refractivity contribution in [3.8, 4) is 5.75 Å². The molecule has 3 N–H and O–H groups in total. The Labute approximate surface area is 223 Å². The molecule has 2 aromatic carbocycles. The summed E-state index contributed by atoms with van der Waals surface area (Å²) in [6, 6.07) is 17.9. The molecule has 1 aliphatic heterocycles. The van der Waals surface area contributed by atoms with Crippen LogP contribution in [0.4, 0.5) is 0 Å². The van der Waals surface area contributed by atoms with Gasteiger partial charge in [0.2, 0.25) is 0 Å². The van der Waals surface area contributed by atoms with Gasteiger partial charge < -0.3 is 15.4 Å². The Morgan fingerprint density at radius 3 is 2.76 bits per heavy atom. The first-order valence-electron chi connectivity index (χ1n) is 14.0. The van der Waals surface area contributed by atoms with Crippen LogP contribution in [0.5, 0.6) is 5.75 Å². The van der Waals surface area contributed by atoms with Gasteiger partial charge in [-0.1, -0.05) is 36.4 Å². The molecular formula is C32H35N3O3. The number of rotatable bonds is 6. The molecule has 6 heteroatoms. The Balaban J connectivity index is 1.24. The van der Waals surface area contributed by atoms with Crippen LogP contribution < -0.4 is 10.9 Å². The maximum Gasteiger partial charge on any atom is 0.261 e. The highest BCUT2D eigenvalue weighted by Gasteiger charge is 2.62. The van der Waals surface area contributed by atoms with Gasteiger partial charge in [0.25, 0.3) is 11.5 Å². The van der Waals surface area contributed by atoms with E-state index in [2.05, 4.69) is 22.1 Å². The topological polar surface area (TPSA) is 85.4 Å². The molecule has 1 amide bonds. The molecule has 4 unspecified atom stereocenters. The number of carbonyl (C=O) groups excluding carboxylic acids is 1. The molecule has 1 aromatic heterocycles. The smallest absolute Gasteiger partial charge is 0.261 e. The number of fused-ring (bicyclic) bond motifs is 4. The van der Waals surface area contributed by atoms with Gasteiger partial charge in [0, 0.05) is 36.8 Å². The number of likely N-dealkylation sites (tertiary alicyclic amines) is 1. The minimum atomic E-state index is -0.332. The molecule has 3 aromatic rings. The molecule has 4 atom stereocenters. The van der Waals surface area contributed by atoms with Gasteiger partial charge in [-0.05, 0) is 97.2 Å². The number of nitrogens with one attached hydrogen (secondary N) is 2. The molecule has 196 valence electrons. The van der Waals surface area contributed by atoms with E-state index < -0.39 is 0 Å². The van der Waals surface area contributed by atoms with Gasteiger partial charge in [0.15, 0.2) is 0 Å². The molecule has 0 radical (unpaired) electrons. The number of phenols is 1. The Morgan fingerprint density at radius 1 is 1.16 bits per heavy atom. The minimum absolute atomic E-state index is 0.122. The molecule has 6 nitrogen and oxygen atoms in total. The summed E-state index contributed by atoms with van der Waals surface area (Å²) in [6.07, 6.45) is 5.35. The van der Waals surface area contributed by atoms with Gasteiger partial charge in [0.05, 0.1) is 0 Å². The first kappa shape index (κ1) is 23.7. The third-order valence-electron chi connectivity index (χ3n) is 9.76. The summed E-state index contributed by atoms with van der Waals surface area (Å²) in [5.41, 5.74) is 5.20.